The normalized spacial score (nSPS) is 12.3. The van der Waals surface area contributed by atoms with Crippen molar-refractivity contribution in [2.24, 2.45) is 5.41 Å². The fourth-order valence-corrected chi connectivity index (χ4v) is 5.01. The summed E-state index contributed by atoms with van der Waals surface area (Å²) in [5.41, 5.74) is -3.22. The summed E-state index contributed by atoms with van der Waals surface area (Å²) in [6, 6.07) is 7.33. The number of sulfonamides is 1. The molecule has 4 rings (SSSR count). The summed E-state index contributed by atoms with van der Waals surface area (Å²) in [6.07, 6.45) is -2.11. The smallest absolute Gasteiger partial charge is 0.294 e. The number of halogens is 6. The Morgan fingerprint density at radius 3 is 2.41 bits per heavy atom. The Morgan fingerprint density at radius 1 is 1.05 bits per heavy atom. The Balaban J connectivity index is 1.69. The lowest BCUT2D eigenvalue weighted by atomic mass is 9.93. The van der Waals surface area contributed by atoms with Crippen LogP contribution in [-0.2, 0) is 21.0 Å². The van der Waals surface area contributed by atoms with Crippen LogP contribution in [0.1, 0.15) is 19.4 Å². The molecule has 14 heteroatoms. The highest BCUT2D eigenvalue weighted by atomic mass is 35.5. The number of nitrogens with one attached hydrogen (secondary N) is 2. The number of nitrogens with zero attached hydrogens (tertiary/aromatic N) is 2. The average molecular weight is 611 g/mol. The monoisotopic (exact) mass is 610 g/mol. The minimum Gasteiger partial charge on any atom is -0.294 e. The van der Waals surface area contributed by atoms with Gasteiger partial charge < -0.3 is 0 Å². The number of fused-ring (bicyclic) bond motifs is 1. The lowest BCUT2D eigenvalue weighted by molar-refractivity contribution is -0.137. The second-order valence-corrected chi connectivity index (χ2v) is 11.5. The molecule has 41 heavy (non-hydrogen) atoms. The van der Waals surface area contributed by atoms with Gasteiger partial charge in [-0.25, -0.2) is 27.2 Å². The molecule has 1 aromatic heterocycles. The van der Waals surface area contributed by atoms with Crippen molar-refractivity contribution in [1.29, 1.82) is 0 Å². The SMILES string of the molecule is C=CC(C)(C)C(=O)Nc1ncc2cc(-c3c(F)ccc(NS(=O)(=O)c4cc(Cl)cc(C(F)(F)F)c4)c3F)ccc2n1. The van der Waals surface area contributed by atoms with Gasteiger partial charge in [-0.3, -0.25) is 14.8 Å². The third kappa shape index (κ3) is 6.30. The van der Waals surface area contributed by atoms with E-state index in [0.29, 0.717) is 23.0 Å². The maximum atomic E-state index is 15.5. The number of hydrogen-bond acceptors (Lipinski definition) is 5. The summed E-state index contributed by atoms with van der Waals surface area (Å²) in [6.45, 7) is 6.90. The third-order valence-corrected chi connectivity index (χ3v) is 7.60. The average Bonchev–Trinajstić information content (AvgIpc) is 2.89. The predicted octanol–water partition coefficient (Wildman–Crippen LogP) is 7.20. The number of hydrogen-bond donors (Lipinski definition) is 2. The van der Waals surface area contributed by atoms with Crippen LogP contribution in [0, 0.1) is 17.0 Å². The standard InChI is InChI=1S/C27H20ClF5N4O3S/c1-4-26(2,3)24(38)36-25-34-13-15-9-14(5-7-20(15)35-25)22-19(29)6-8-21(23(22)30)37-41(39,40)18-11-16(27(31,32)33)10-17(28)12-18/h4-13,37H,1H2,2-3H3,(H,34,35,36,38). The third-order valence-electron chi connectivity index (χ3n) is 6.03. The van der Waals surface area contributed by atoms with Crippen molar-refractivity contribution in [1.82, 2.24) is 9.97 Å². The summed E-state index contributed by atoms with van der Waals surface area (Å²) >= 11 is 5.68. The summed E-state index contributed by atoms with van der Waals surface area (Å²) in [5.74, 6) is -2.77. The highest BCUT2D eigenvalue weighted by Crippen LogP contribution is 2.36. The van der Waals surface area contributed by atoms with Gasteiger partial charge in [0, 0.05) is 16.6 Å². The van der Waals surface area contributed by atoms with Gasteiger partial charge in [0.15, 0.2) is 5.82 Å². The second-order valence-electron chi connectivity index (χ2n) is 9.41. The molecule has 0 radical (unpaired) electrons. The van der Waals surface area contributed by atoms with E-state index in [-0.39, 0.29) is 11.5 Å². The molecule has 0 saturated carbocycles. The van der Waals surface area contributed by atoms with Crippen molar-refractivity contribution >= 4 is 50.1 Å². The topological polar surface area (TPSA) is 101 Å². The number of aromatic nitrogens is 2. The Hall–Kier alpha value is -4.10. The van der Waals surface area contributed by atoms with Crippen LogP contribution in [-0.4, -0.2) is 24.3 Å². The van der Waals surface area contributed by atoms with E-state index in [9.17, 15) is 30.8 Å². The molecule has 0 atom stereocenters. The summed E-state index contributed by atoms with van der Waals surface area (Å²) in [7, 11) is -4.77. The number of carbonyl (C=O) groups excluding carboxylic acids is 1. The van der Waals surface area contributed by atoms with Crippen molar-refractivity contribution in [3.8, 4) is 11.1 Å². The van der Waals surface area contributed by atoms with E-state index in [4.69, 9.17) is 11.6 Å². The van der Waals surface area contributed by atoms with Crippen LogP contribution in [0.4, 0.5) is 33.6 Å². The van der Waals surface area contributed by atoms with Crippen molar-refractivity contribution in [3.63, 3.8) is 0 Å². The molecule has 0 spiro atoms. The number of alkyl halides is 3. The van der Waals surface area contributed by atoms with Crippen LogP contribution in [0.15, 0.2) is 72.3 Å². The van der Waals surface area contributed by atoms with Gasteiger partial charge in [0.05, 0.1) is 32.6 Å². The molecule has 2 N–H and O–H groups in total. The van der Waals surface area contributed by atoms with Crippen molar-refractivity contribution in [2.45, 2.75) is 24.9 Å². The zero-order valence-corrected chi connectivity index (χ0v) is 22.8. The van der Waals surface area contributed by atoms with E-state index >= 15 is 4.39 Å². The van der Waals surface area contributed by atoms with Gasteiger partial charge in [0.2, 0.25) is 11.9 Å². The van der Waals surface area contributed by atoms with Crippen LogP contribution in [0.5, 0.6) is 0 Å². The molecule has 1 heterocycles. The van der Waals surface area contributed by atoms with E-state index in [2.05, 4.69) is 21.9 Å². The quantitative estimate of drug-likeness (QED) is 0.170. The fourth-order valence-electron chi connectivity index (χ4n) is 3.59. The molecule has 0 fully saturated rings. The van der Waals surface area contributed by atoms with Crippen LogP contribution in [0.2, 0.25) is 5.02 Å². The summed E-state index contributed by atoms with van der Waals surface area (Å²) in [5, 5.41) is 2.39. The molecule has 7 nitrogen and oxygen atoms in total. The zero-order chi connectivity index (χ0) is 30.3. The maximum absolute atomic E-state index is 15.5. The van der Waals surface area contributed by atoms with E-state index in [1.165, 1.54) is 30.5 Å². The highest BCUT2D eigenvalue weighted by Gasteiger charge is 2.33. The van der Waals surface area contributed by atoms with Crippen LogP contribution < -0.4 is 10.0 Å². The molecule has 0 aliphatic heterocycles. The lowest BCUT2D eigenvalue weighted by Crippen LogP contribution is -2.29. The Labute approximate surface area is 236 Å². The van der Waals surface area contributed by atoms with E-state index in [1.807, 2.05) is 4.72 Å². The minimum atomic E-state index is -4.89. The van der Waals surface area contributed by atoms with Gasteiger partial charge in [-0.05, 0) is 61.9 Å². The Kier molecular flexibility index (Phi) is 7.80. The maximum Gasteiger partial charge on any atom is 0.416 e. The number of benzene rings is 3. The molecular weight excluding hydrogens is 591 g/mol. The molecule has 0 saturated heterocycles. The first kappa shape index (κ1) is 29.9. The zero-order valence-electron chi connectivity index (χ0n) is 21.3. The largest absolute Gasteiger partial charge is 0.416 e. The lowest BCUT2D eigenvalue weighted by Gasteiger charge is -2.18. The first-order chi connectivity index (χ1) is 19.0. The molecule has 1 amide bonds. The Morgan fingerprint density at radius 2 is 1.76 bits per heavy atom. The molecule has 0 unspecified atom stereocenters. The second kappa shape index (κ2) is 10.7. The van der Waals surface area contributed by atoms with E-state index in [0.717, 1.165) is 18.2 Å². The first-order valence-corrected chi connectivity index (χ1v) is 13.5. The summed E-state index contributed by atoms with van der Waals surface area (Å²) < 4.78 is 97.3. The molecule has 0 aliphatic carbocycles. The van der Waals surface area contributed by atoms with Crippen LogP contribution >= 0.6 is 11.6 Å². The number of amides is 1. The fraction of sp³-hybridized carbons (Fsp3) is 0.148. The summed E-state index contributed by atoms with van der Waals surface area (Å²) in [4.78, 5) is 19.8. The van der Waals surface area contributed by atoms with E-state index in [1.54, 1.807) is 13.8 Å². The highest BCUT2D eigenvalue weighted by molar-refractivity contribution is 7.92. The number of anilines is 2. The van der Waals surface area contributed by atoms with Gasteiger partial charge >= 0.3 is 6.18 Å². The number of carbonyl (C=O) groups is 1. The van der Waals surface area contributed by atoms with Gasteiger partial charge in [0.25, 0.3) is 10.0 Å². The van der Waals surface area contributed by atoms with Crippen LogP contribution in [0.3, 0.4) is 0 Å². The van der Waals surface area contributed by atoms with E-state index < -0.39 is 65.9 Å². The van der Waals surface area contributed by atoms with Gasteiger partial charge in [-0.1, -0.05) is 23.7 Å². The Bertz CT molecular complexity index is 1810. The molecule has 3 aromatic carbocycles. The number of rotatable bonds is 7. The molecule has 0 bridgehead atoms. The van der Waals surface area contributed by atoms with Crippen molar-refractivity contribution in [3.05, 3.63) is 89.6 Å². The van der Waals surface area contributed by atoms with Gasteiger partial charge in [-0.2, -0.15) is 13.2 Å². The van der Waals surface area contributed by atoms with Gasteiger partial charge in [0.1, 0.15) is 5.82 Å². The minimum absolute atomic E-state index is 0.00589. The molecule has 214 valence electrons. The van der Waals surface area contributed by atoms with Crippen molar-refractivity contribution in [2.75, 3.05) is 10.0 Å². The molecule has 4 aromatic rings. The molecular formula is C27H20ClF5N4O3S. The molecule has 0 aliphatic rings. The van der Waals surface area contributed by atoms with Gasteiger partial charge in [-0.15, -0.1) is 6.58 Å². The van der Waals surface area contributed by atoms with Crippen molar-refractivity contribution < 1.29 is 35.2 Å². The predicted molar refractivity (Wildman–Crippen MR) is 145 cm³/mol. The first-order valence-electron chi connectivity index (χ1n) is 11.6. The van der Waals surface area contributed by atoms with Crippen LogP contribution in [0.25, 0.3) is 22.0 Å².